The molecule has 1 N–H and O–H groups in total. The van der Waals surface area contributed by atoms with Crippen molar-refractivity contribution in [3.05, 3.63) is 81.1 Å². The maximum absolute atomic E-state index is 13.6. The molecule has 3 heterocycles. The Balaban J connectivity index is 1.43. The second-order valence-electron chi connectivity index (χ2n) is 10.0. The Kier molecular flexibility index (Phi) is 6.06. The molecular weight excluding hydrogens is 431 g/mol. The second-order valence-corrected chi connectivity index (χ2v) is 11.1. The van der Waals surface area contributed by atoms with Gasteiger partial charge in [0.05, 0.1) is 10.7 Å². The van der Waals surface area contributed by atoms with Crippen molar-refractivity contribution in [3.8, 4) is 0 Å². The third-order valence-electron chi connectivity index (χ3n) is 6.35. The minimum absolute atomic E-state index is 0.0123. The van der Waals surface area contributed by atoms with Crippen LogP contribution in [-0.2, 0) is 18.3 Å². The van der Waals surface area contributed by atoms with Crippen LogP contribution in [0, 0.1) is 5.82 Å². The topological polar surface area (TPSA) is 40.5 Å². The highest BCUT2D eigenvalue weighted by atomic mass is 32.1. The average Bonchev–Trinajstić information content (AvgIpc) is 3.15. The minimum atomic E-state index is -0.164. The number of benzene rings is 2. The third kappa shape index (κ3) is 4.87. The van der Waals surface area contributed by atoms with Gasteiger partial charge in [0, 0.05) is 42.4 Å². The number of hydrogen-bond donors (Lipinski definition) is 1. The Hall–Kier alpha value is -2.57. The Morgan fingerprint density at radius 1 is 1.15 bits per heavy atom. The van der Waals surface area contributed by atoms with Crippen LogP contribution >= 0.6 is 11.3 Å². The van der Waals surface area contributed by atoms with Crippen molar-refractivity contribution in [2.45, 2.75) is 51.5 Å². The number of thiazole rings is 1. The summed E-state index contributed by atoms with van der Waals surface area (Å²) >= 11 is 1.83. The summed E-state index contributed by atoms with van der Waals surface area (Å²) in [5.74, 6) is 0.835. The number of aliphatic imine (C=N–C) groups is 1. The van der Waals surface area contributed by atoms with Crippen LogP contribution in [0.15, 0.2) is 53.5 Å². The van der Waals surface area contributed by atoms with E-state index < -0.39 is 0 Å². The molecule has 4 nitrogen and oxygen atoms in total. The van der Waals surface area contributed by atoms with Gasteiger partial charge in [-0.15, -0.1) is 11.3 Å². The van der Waals surface area contributed by atoms with Crippen LogP contribution in [0.2, 0.25) is 0 Å². The van der Waals surface area contributed by atoms with Gasteiger partial charge in [-0.2, -0.15) is 0 Å². The highest BCUT2D eigenvalue weighted by Crippen LogP contribution is 2.36. The fraction of sp³-hybridized carbons (Fsp3) is 0.407. The van der Waals surface area contributed by atoms with E-state index in [1.54, 1.807) is 12.1 Å². The molecule has 1 atom stereocenters. The predicted octanol–water partition coefficient (Wildman–Crippen LogP) is 5.47. The van der Waals surface area contributed by atoms with Gasteiger partial charge in [0.15, 0.2) is 5.84 Å². The minimum Gasteiger partial charge on any atom is -0.352 e. The molecule has 1 fully saturated rings. The van der Waals surface area contributed by atoms with E-state index in [1.165, 1.54) is 16.5 Å². The Morgan fingerprint density at radius 2 is 2.00 bits per heavy atom. The Labute approximate surface area is 199 Å². The molecule has 3 aromatic rings. The molecule has 172 valence electrons. The Bertz CT molecular complexity index is 1180. The molecule has 0 amide bonds. The lowest BCUT2D eigenvalue weighted by Gasteiger charge is -2.35. The number of fused-ring (bicyclic) bond motifs is 2. The van der Waals surface area contributed by atoms with Gasteiger partial charge in [0.2, 0.25) is 0 Å². The van der Waals surface area contributed by atoms with Gasteiger partial charge in [-0.3, -0.25) is 0 Å². The first-order valence-electron chi connectivity index (χ1n) is 11.8. The van der Waals surface area contributed by atoms with E-state index in [1.807, 2.05) is 17.4 Å². The van der Waals surface area contributed by atoms with Gasteiger partial charge < -0.3 is 10.2 Å². The number of nitrogens with zero attached hydrogens (tertiary/aromatic N) is 3. The normalized spacial score (nSPS) is 18.4. The fourth-order valence-electron chi connectivity index (χ4n) is 4.54. The van der Waals surface area contributed by atoms with Gasteiger partial charge in [0.1, 0.15) is 11.5 Å². The van der Waals surface area contributed by atoms with Crippen molar-refractivity contribution >= 4 is 22.9 Å². The zero-order chi connectivity index (χ0) is 23.0. The van der Waals surface area contributed by atoms with Crippen LogP contribution in [0.4, 0.5) is 10.1 Å². The van der Waals surface area contributed by atoms with Crippen LogP contribution in [0.1, 0.15) is 53.9 Å². The van der Waals surface area contributed by atoms with E-state index in [0.29, 0.717) is 6.04 Å². The number of para-hydroxylation sites is 1. The van der Waals surface area contributed by atoms with E-state index in [4.69, 9.17) is 9.98 Å². The predicted molar refractivity (Wildman–Crippen MR) is 134 cm³/mol. The largest absolute Gasteiger partial charge is 0.352 e. The highest BCUT2D eigenvalue weighted by Gasteiger charge is 2.31. The van der Waals surface area contributed by atoms with E-state index in [-0.39, 0.29) is 11.2 Å². The lowest BCUT2D eigenvalue weighted by Crippen LogP contribution is -2.53. The Morgan fingerprint density at radius 3 is 2.82 bits per heavy atom. The number of hydrogen-bond acceptors (Lipinski definition) is 5. The fourth-order valence-corrected chi connectivity index (χ4v) is 5.68. The standard InChI is InChI=1S/C27H31FN4S/c1-27(2,3)26-31-24-23(33-26)16-19-8-4-5-10-22(19)30-25(24)32-14-13-29-21(17-32)12-11-18-7-6-9-20(28)15-18/h4-10,15,21,29H,11-14,16-17H2,1-3H3. The summed E-state index contributed by atoms with van der Waals surface area (Å²) in [6.45, 7) is 9.35. The number of halogens is 1. The first-order chi connectivity index (χ1) is 15.9. The molecule has 1 saturated heterocycles. The summed E-state index contributed by atoms with van der Waals surface area (Å²) < 4.78 is 13.6. The molecule has 0 spiro atoms. The quantitative estimate of drug-likeness (QED) is 0.561. The van der Waals surface area contributed by atoms with Crippen LogP contribution < -0.4 is 5.32 Å². The van der Waals surface area contributed by atoms with E-state index in [9.17, 15) is 4.39 Å². The molecule has 2 aliphatic rings. The summed E-state index contributed by atoms with van der Waals surface area (Å²) in [4.78, 5) is 14.0. The molecule has 0 saturated carbocycles. The van der Waals surface area contributed by atoms with E-state index in [0.717, 1.165) is 66.7 Å². The summed E-state index contributed by atoms with van der Waals surface area (Å²) in [5.41, 5.74) is 4.41. The molecule has 33 heavy (non-hydrogen) atoms. The summed E-state index contributed by atoms with van der Waals surface area (Å²) in [5, 5.41) is 4.82. The second kappa shape index (κ2) is 8.99. The summed E-state index contributed by atoms with van der Waals surface area (Å²) in [6, 6.07) is 15.7. The highest BCUT2D eigenvalue weighted by molar-refractivity contribution is 7.12. The van der Waals surface area contributed by atoms with Gasteiger partial charge in [0.25, 0.3) is 0 Å². The molecule has 2 aliphatic heterocycles. The molecule has 5 rings (SSSR count). The number of aryl methyl sites for hydroxylation is 1. The number of rotatable bonds is 3. The molecule has 1 unspecified atom stereocenters. The van der Waals surface area contributed by atoms with Crippen molar-refractivity contribution in [1.29, 1.82) is 0 Å². The SMILES string of the molecule is CC(C)(C)c1nc2c(s1)Cc1ccccc1N=C2N1CCNC(CCc2cccc(F)c2)C1. The molecule has 1 aromatic heterocycles. The zero-order valence-corrected chi connectivity index (χ0v) is 20.4. The van der Waals surface area contributed by atoms with Crippen molar-refractivity contribution < 1.29 is 4.39 Å². The number of nitrogens with one attached hydrogen (secondary N) is 1. The van der Waals surface area contributed by atoms with Crippen LogP contribution in [-0.4, -0.2) is 41.4 Å². The van der Waals surface area contributed by atoms with Crippen molar-refractivity contribution in [1.82, 2.24) is 15.2 Å². The van der Waals surface area contributed by atoms with E-state index >= 15 is 0 Å². The van der Waals surface area contributed by atoms with Crippen LogP contribution in [0.3, 0.4) is 0 Å². The zero-order valence-electron chi connectivity index (χ0n) is 19.6. The first kappa shape index (κ1) is 22.2. The number of piperazine rings is 1. The lowest BCUT2D eigenvalue weighted by atomic mass is 9.98. The van der Waals surface area contributed by atoms with Crippen molar-refractivity contribution in [2.75, 3.05) is 19.6 Å². The monoisotopic (exact) mass is 462 g/mol. The molecule has 0 aliphatic carbocycles. The first-order valence-corrected chi connectivity index (χ1v) is 12.6. The number of aromatic nitrogens is 1. The molecule has 0 radical (unpaired) electrons. The van der Waals surface area contributed by atoms with E-state index in [2.05, 4.69) is 55.3 Å². The van der Waals surface area contributed by atoms with Crippen LogP contribution in [0.25, 0.3) is 0 Å². The molecule has 2 aromatic carbocycles. The van der Waals surface area contributed by atoms with Gasteiger partial charge in [-0.25, -0.2) is 14.4 Å². The third-order valence-corrected chi connectivity index (χ3v) is 7.83. The van der Waals surface area contributed by atoms with Crippen molar-refractivity contribution in [2.24, 2.45) is 4.99 Å². The summed E-state index contributed by atoms with van der Waals surface area (Å²) in [6.07, 6.45) is 2.69. The molecule has 0 bridgehead atoms. The van der Waals surface area contributed by atoms with Crippen molar-refractivity contribution in [3.63, 3.8) is 0 Å². The molecular formula is C27H31FN4S. The average molecular weight is 463 g/mol. The molecule has 6 heteroatoms. The number of amidine groups is 1. The lowest BCUT2D eigenvalue weighted by molar-refractivity contribution is 0.281. The summed E-state index contributed by atoms with van der Waals surface area (Å²) in [7, 11) is 0. The maximum atomic E-state index is 13.6. The smallest absolute Gasteiger partial charge is 0.156 e. The van der Waals surface area contributed by atoms with Gasteiger partial charge >= 0.3 is 0 Å². The van der Waals surface area contributed by atoms with Gasteiger partial charge in [-0.1, -0.05) is 51.1 Å². The maximum Gasteiger partial charge on any atom is 0.156 e. The van der Waals surface area contributed by atoms with Gasteiger partial charge in [-0.05, 0) is 42.2 Å². The van der Waals surface area contributed by atoms with Crippen LogP contribution in [0.5, 0.6) is 0 Å².